The predicted octanol–water partition coefficient (Wildman–Crippen LogP) is 2.27. The van der Waals surface area contributed by atoms with Crippen LogP contribution in [-0.2, 0) is 0 Å². The fraction of sp³-hybridized carbons (Fsp3) is 0.667. The van der Waals surface area contributed by atoms with Crippen molar-refractivity contribution < 1.29 is 4.79 Å². The van der Waals surface area contributed by atoms with Crippen LogP contribution in [0.1, 0.15) is 68.8 Å². The molecule has 0 aromatic carbocycles. The summed E-state index contributed by atoms with van der Waals surface area (Å²) in [5.41, 5.74) is -0.778. The van der Waals surface area contributed by atoms with E-state index in [1.54, 1.807) is 0 Å². The van der Waals surface area contributed by atoms with Crippen molar-refractivity contribution in [3.8, 4) is 0 Å². The third kappa shape index (κ3) is 2.92. The molecule has 0 saturated heterocycles. The molecule has 0 spiro atoms. The first-order chi connectivity index (χ1) is 9.54. The molecule has 1 saturated carbocycles. The second kappa shape index (κ2) is 6.20. The van der Waals surface area contributed by atoms with Gasteiger partial charge in [-0.3, -0.25) is 14.2 Å². The molecular formula is C15H22N2O3. The van der Waals surface area contributed by atoms with Gasteiger partial charge in [-0.1, -0.05) is 19.8 Å². The van der Waals surface area contributed by atoms with Crippen molar-refractivity contribution in [2.75, 3.05) is 0 Å². The molecule has 1 fully saturated rings. The molecule has 5 heteroatoms. The summed E-state index contributed by atoms with van der Waals surface area (Å²) in [6, 6.07) is -0.0707. The van der Waals surface area contributed by atoms with Crippen molar-refractivity contribution in [2.45, 2.75) is 58.4 Å². The monoisotopic (exact) mass is 278 g/mol. The predicted molar refractivity (Wildman–Crippen MR) is 77.2 cm³/mol. The summed E-state index contributed by atoms with van der Waals surface area (Å²) in [5, 5.41) is 0. The summed E-state index contributed by atoms with van der Waals surface area (Å²) < 4.78 is 1.25. The summed E-state index contributed by atoms with van der Waals surface area (Å²) in [5.74, 6) is 0.404. The zero-order chi connectivity index (χ0) is 14.7. The van der Waals surface area contributed by atoms with Crippen molar-refractivity contribution in [3.63, 3.8) is 0 Å². The Labute approximate surface area is 118 Å². The van der Waals surface area contributed by atoms with Gasteiger partial charge in [-0.15, -0.1) is 0 Å². The number of ketones is 1. The van der Waals surface area contributed by atoms with Crippen molar-refractivity contribution in [3.05, 3.63) is 32.6 Å². The second-order valence-electron chi connectivity index (χ2n) is 5.70. The van der Waals surface area contributed by atoms with Crippen LogP contribution in [0, 0.1) is 5.92 Å². The average Bonchev–Trinajstić information content (AvgIpc) is 2.40. The lowest BCUT2D eigenvalue weighted by molar-refractivity contribution is 0.101. The van der Waals surface area contributed by atoms with E-state index >= 15 is 0 Å². The van der Waals surface area contributed by atoms with E-state index in [9.17, 15) is 14.4 Å². The number of carbonyl (C=O) groups excluding carboxylic acids is 1. The van der Waals surface area contributed by atoms with Crippen LogP contribution in [0.3, 0.4) is 0 Å². The highest BCUT2D eigenvalue weighted by Crippen LogP contribution is 2.33. The van der Waals surface area contributed by atoms with E-state index in [-0.39, 0.29) is 17.4 Å². The minimum atomic E-state index is -0.444. The SMILES string of the molecule is CCCC1CCC(n2c(=O)[nH]cc(C(C)=O)c2=O)CC1. The highest BCUT2D eigenvalue weighted by Gasteiger charge is 2.25. The number of hydrogen-bond acceptors (Lipinski definition) is 3. The third-order valence-corrected chi connectivity index (χ3v) is 4.27. The number of aromatic nitrogens is 2. The van der Waals surface area contributed by atoms with E-state index in [4.69, 9.17) is 0 Å². The van der Waals surface area contributed by atoms with Gasteiger partial charge >= 0.3 is 5.69 Å². The second-order valence-corrected chi connectivity index (χ2v) is 5.70. The maximum Gasteiger partial charge on any atom is 0.328 e. The largest absolute Gasteiger partial charge is 0.328 e. The lowest BCUT2D eigenvalue weighted by Crippen LogP contribution is -2.41. The quantitative estimate of drug-likeness (QED) is 0.859. The number of Topliss-reactive ketones (excluding diaryl/α,β-unsaturated/α-hetero) is 1. The van der Waals surface area contributed by atoms with Crippen LogP contribution >= 0.6 is 0 Å². The Kier molecular flexibility index (Phi) is 4.57. The summed E-state index contributed by atoms with van der Waals surface area (Å²) in [7, 11) is 0. The number of aromatic amines is 1. The molecule has 1 aromatic rings. The van der Waals surface area contributed by atoms with Crippen molar-refractivity contribution >= 4 is 5.78 Å². The Morgan fingerprint density at radius 1 is 1.30 bits per heavy atom. The van der Waals surface area contributed by atoms with Crippen LogP contribution in [0.2, 0.25) is 0 Å². The summed E-state index contributed by atoms with van der Waals surface area (Å²) >= 11 is 0. The first-order valence-corrected chi connectivity index (χ1v) is 7.39. The van der Waals surface area contributed by atoms with Gasteiger partial charge in [0.25, 0.3) is 5.56 Å². The smallest absolute Gasteiger partial charge is 0.313 e. The Balaban J connectivity index is 2.26. The van der Waals surface area contributed by atoms with Gasteiger partial charge in [-0.25, -0.2) is 4.79 Å². The van der Waals surface area contributed by atoms with Gasteiger partial charge in [0.1, 0.15) is 0 Å². The summed E-state index contributed by atoms with van der Waals surface area (Å²) in [4.78, 5) is 38.1. The Bertz CT molecular complexity index is 592. The van der Waals surface area contributed by atoms with Gasteiger partial charge in [-0.05, 0) is 38.5 Å². The van der Waals surface area contributed by atoms with Crippen LogP contribution < -0.4 is 11.2 Å². The van der Waals surface area contributed by atoms with Crippen LogP contribution in [0.15, 0.2) is 15.8 Å². The van der Waals surface area contributed by atoms with E-state index < -0.39 is 11.2 Å². The van der Waals surface area contributed by atoms with Crippen LogP contribution in [-0.4, -0.2) is 15.3 Å². The summed E-state index contributed by atoms with van der Waals surface area (Å²) in [6.45, 7) is 3.52. The molecule has 1 N–H and O–H groups in total. The highest BCUT2D eigenvalue weighted by molar-refractivity contribution is 5.93. The molecule has 20 heavy (non-hydrogen) atoms. The van der Waals surface area contributed by atoms with Crippen LogP contribution in [0.4, 0.5) is 0 Å². The van der Waals surface area contributed by atoms with Crippen molar-refractivity contribution in [1.29, 1.82) is 0 Å². The van der Waals surface area contributed by atoms with Gasteiger partial charge in [0, 0.05) is 12.2 Å². The molecule has 1 aliphatic carbocycles. The number of H-pyrrole nitrogens is 1. The molecule has 0 aliphatic heterocycles. The zero-order valence-corrected chi connectivity index (χ0v) is 12.1. The maximum absolute atomic E-state index is 12.3. The molecule has 0 atom stereocenters. The molecule has 110 valence electrons. The molecular weight excluding hydrogens is 256 g/mol. The number of rotatable bonds is 4. The van der Waals surface area contributed by atoms with Crippen molar-refractivity contribution in [2.24, 2.45) is 5.92 Å². The number of hydrogen-bond donors (Lipinski definition) is 1. The highest BCUT2D eigenvalue weighted by atomic mass is 16.2. The van der Waals surface area contributed by atoms with Gasteiger partial charge in [-0.2, -0.15) is 0 Å². The Hall–Kier alpha value is -1.65. The number of carbonyl (C=O) groups is 1. The van der Waals surface area contributed by atoms with E-state index in [0.29, 0.717) is 5.92 Å². The number of nitrogens with one attached hydrogen (secondary N) is 1. The van der Waals surface area contributed by atoms with E-state index in [1.165, 1.54) is 30.5 Å². The topological polar surface area (TPSA) is 71.9 Å². The van der Waals surface area contributed by atoms with Crippen LogP contribution in [0.5, 0.6) is 0 Å². The molecule has 1 heterocycles. The van der Waals surface area contributed by atoms with Gasteiger partial charge in [0.2, 0.25) is 0 Å². The fourth-order valence-electron chi connectivity index (χ4n) is 3.17. The molecule has 1 aliphatic rings. The van der Waals surface area contributed by atoms with Crippen molar-refractivity contribution in [1.82, 2.24) is 9.55 Å². The Morgan fingerprint density at radius 3 is 2.50 bits per heavy atom. The molecule has 1 aromatic heterocycles. The minimum Gasteiger partial charge on any atom is -0.313 e. The van der Waals surface area contributed by atoms with Crippen LogP contribution in [0.25, 0.3) is 0 Å². The molecule has 0 radical (unpaired) electrons. The average molecular weight is 278 g/mol. The van der Waals surface area contributed by atoms with Gasteiger partial charge in [0.15, 0.2) is 5.78 Å². The van der Waals surface area contributed by atoms with E-state index in [2.05, 4.69) is 11.9 Å². The zero-order valence-electron chi connectivity index (χ0n) is 12.1. The number of nitrogens with zero attached hydrogens (tertiary/aromatic N) is 1. The summed E-state index contributed by atoms with van der Waals surface area (Å²) in [6.07, 6.45) is 7.40. The standard InChI is InChI=1S/C15H22N2O3/c1-3-4-11-5-7-12(8-6-11)17-14(19)13(10(2)18)9-16-15(17)20/h9,11-12H,3-8H2,1-2H3,(H,16,20). The molecule has 2 rings (SSSR count). The van der Waals surface area contributed by atoms with Gasteiger partial charge < -0.3 is 4.98 Å². The lowest BCUT2D eigenvalue weighted by Gasteiger charge is -2.29. The lowest BCUT2D eigenvalue weighted by atomic mass is 9.83. The first kappa shape index (κ1) is 14.8. The molecule has 0 unspecified atom stereocenters. The normalized spacial score (nSPS) is 22.7. The van der Waals surface area contributed by atoms with Gasteiger partial charge in [0.05, 0.1) is 5.56 Å². The first-order valence-electron chi connectivity index (χ1n) is 7.39. The molecule has 0 amide bonds. The molecule has 5 nitrogen and oxygen atoms in total. The molecule has 0 bridgehead atoms. The third-order valence-electron chi connectivity index (χ3n) is 4.27. The van der Waals surface area contributed by atoms with E-state index in [0.717, 1.165) is 25.7 Å². The maximum atomic E-state index is 12.3. The Morgan fingerprint density at radius 2 is 1.95 bits per heavy atom. The fourth-order valence-corrected chi connectivity index (χ4v) is 3.17. The van der Waals surface area contributed by atoms with E-state index in [1.807, 2.05) is 0 Å². The minimum absolute atomic E-state index is 0.0697.